The Bertz CT molecular complexity index is 1280. The largest absolute Gasteiger partial charge is 0.390 e. The molecule has 8 nitrogen and oxygen atoms in total. The molecule has 0 saturated heterocycles. The van der Waals surface area contributed by atoms with E-state index in [2.05, 4.69) is 30.3 Å². The fraction of sp³-hybridized carbons (Fsp3) is 0.700. The first-order valence-corrected chi connectivity index (χ1v) is 14.3. The summed E-state index contributed by atoms with van der Waals surface area (Å²) < 4.78 is 2.31. The maximum atomic E-state index is 13.7. The number of aromatic nitrogens is 4. The summed E-state index contributed by atoms with van der Waals surface area (Å²) in [4.78, 5) is 26.7. The van der Waals surface area contributed by atoms with Crippen LogP contribution >= 0.6 is 0 Å². The number of ketones is 1. The molecule has 2 aromatic rings. The van der Waals surface area contributed by atoms with Crippen LogP contribution in [0.15, 0.2) is 29.1 Å². The van der Waals surface area contributed by atoms with Crippen molar-refractivity contribution in [2.24, 2.45) is 40.9 Å². The van der Waals surface area contributed by atoms with Gasteiger partial charge < -0.3 is 5.11 Å². The molecule has 1 heterocycles. The van der Waals surface area contributed by atoms with Gasteiger partial charge in [-0.3, -0.25) is 4.79 Å². The molecule has 0 amide bonds. The summed E-state index contributed by atoms with van der Waals surface area (Å²) in [6.45, 7) is 8.43. The number of aliphatic hydroxyl groups is 1. The number of Topliss-reactive ketones (excluding diaryl/α,β-unsaturated/α-hetero) is 1. The van der Waals surface area contributed by atoms with Crippen LogP contribution in [0.3, 0.4) is 0 Å². The Morgan fingerprint density at radius 3 is 2.68 bits per heavy atom. The highest BCUT2D eigenvalue weighted by molar-refractivity contribution is 5.82. The van der Waals surface area contributed by atoms with E-state index < -0.39 is 11.3 Å². The lowest BCUT2D eigenvalue weighted by molar-refractivity contribution is -0.131. The highest BCUT2D eigenvalue weighted by Gasteiger charge is 2.58. The van der Waals surface area contributed by atoms with Crippen molar-refractivity contribution in [2.45, 2.75) is 91.2 Å². The zero-order valence-corrected chi connectivity index (χ0v) is 23.1. The molecule has 3 aliphatic rings. The van der Waals surface area contributed by atoms with E-state index in [1.54, 1.807) is 24.3 Å². The van der Waals surface area contributed by atoms with Gasteiger partial charge in [0, 0.05) is 5.92 Å². The second-order valence-corrected chi connectivity index (χ2v) is 13.0. The Balaban J connectivity index is 1.31. The van der Waals surface area contributed by atoms with Gasteiger partial charge >= 0.3 is 5.69 Å². The van der Waals surface area contributed by atoms with E-state index in [1.807, 2.05) is 13.8 Å². The van der Waals surface area contributed by atoms with Crippen LogP contribution in [-0.4, -0.2) is 36.3 Å². The summed E-state index contributed by atoms with van der Waals surface area (Å²) in [5.41, 5.74) is -0.241. The van der Waals surface area contributed by atoms with E-state index in [1.165, 1.54) is 17.5 Å². The lowest BCUT2D eigenvalue weighted by atomic mass is 9.50. The van der Waals surface area contributed by atoms with Crippen LogP contribution in [0.5, 0.6) is 0 Å². The third kappa shape index (κ3) is 4.75. The van der Waals surface area contributed by atoms with Crippen molar-refractivity contribution in [2.75, 3.05) is 0 Å². The van der Waals surface area contributed by atoms with Crippen LogP contribution in [0.4, 0.5) is 0 Å². The van der Waals surface area contributed by atoms with Crippen LogP contribution in [-0.2, 0) is 11.3 Å². The van der Waals surface area contributed by atoms with Crippen molar-refractivity contribution in [3.63, 3.8) is 0 Å². The fourth-order valence-corrected chi connectivity index (χ4v) is 8.79. The second-order valence-electron chi connectivity index (χ2n) is 13.0. The Kier molecular flexibility index (Phi) is 7.10. The monoisotopic (exact) mass is 519 g/mol. The number of fused-ring (bicyclic) bond motifs is 3. The third-order valence-electron chi connectivity index (χ3n) is 10.3. The van der Waals surface area contributed by atoms with Crippen molar-refractivity contribution in [1.29, 1.82) is 5.26 Å². The molecule has 0 bridgehead atoms. The topological polar surface area (TPSA) is 114 Å². The molecule has 1 aromatic heterocycles. The molecule has 1 N–H and O–H groups in total. The first-order valence-electron chi connectivity index (χ1n) is 14.3. The zero-order valence-electron chi connectivity index (χ0n) is 23.1. The van der Waals surface area contributed by atoms with E-state index in [0.717, 1.165) is 43.2 Å². The number of carbonyl (C=O) groups excluding carboxylic acids is 1. The third-order valence-corrected chi connectivity index (χ3v) is 10.3. The van der Waals surface area contributed by atoms with E-state index in [4.69, 9.17) is 5.26 Å². The van der Waals surface area contributed by atoms with E-state index >= 15 is 0 Å². The number of hydrogen-bond acceptors (Lipinski definition) is 6. The number of benzene rings is 1. The Hall–Kier alpha value is -2.79. The lowest BCUT2D eigenvalue weighted by Gasteiger charge is -2.55. The molecule has 3 saturated carbocycles. The maximum Gasteiger partial charge on any atom is 0.368 e. The smallest absolute Gasteiger partial charge is 0.368 e. The minimum absolute atomic E-state index is 0.0413. The molecule has 204 valence electrons. The average Bonchev–Trinajstić information content (AvgIpc) is 3.42. The van der Waals surface area contributed by atoms with Crippen molar-refractivity contribution < 1.29 is 9.90 Å². The molecule has 7 atom stereocenters. The number of carbonyl (C=O) groups is 1. The minimum Gasteiger partial charge on any atom is -0.390 e. The second kappa shape index (κ2) is 10.1. The minimum atomic E-state index is -0.628. The van der Waals surface area contributed by atoms with Gasteiger partial charge in [-0.05, 0) is 122 Å². The van der Waals surface area contributed by atoms with Gasteiger partial charge in [-0.2, -0.15) is 14.6 Å². The van der Waals surface area contributed by atoms with Gasteiger partial charge in [-0.15, -0.1) is 0 Å². The molecular formula is C30H41N5O3. The van der Waals surface area contributed by atoms with Gasteiger partial charge in [0.15, 0.2) is 5.78 Å². The summed E-state index contributed by atoms with van der Waals surface area (Å²) in [5, 5.41) is 27.7. The normalized spacial score (nSPS) is 32.8. The SMILES string of the molecule is CC[C@H]1[C@@H](CC(C)(C)O)CC[C@@H]2[C@@H]1CC[C@]1(C)[C@@H](C(=O)Cn3nnn(-c4cccc(C#N)c4)c3=O)CC[C@@H]21. The number of nitrogens with zero attached hydrogens (tertiary/aromatic N) is 5. The quantitative estimate of drug-likeness (QED) is 0.575. The van der Waals surface area contributed by atoms with Gasteiger partial charge in [0.05, 0.1) is 22.9 Å². The number of hydrogen-bond donors (Lipinski definition) is 1. The molecular weight excluding hydrogens is 478 g/mol. The summed E-state index contributed by atoms with van der Waals surface area (Å²) >= 11 is 0. The predicted molar refractivity (Wildman–Crippen MR) is 143 cm³/mol. The van der Waals surface area contributed by atoms with Gasteiger partial charge in [-0.25, -0.2) is 4.79 Å². The maximum absolute atomic E-state index is 13.7. The van der Waals surface area contributed by atoms with Gasteiger partial charge in [0.2, 0.25) is 0 Å². The highest BCUT2D eigenvalue weighted by Crippen LogP contribution is 2.63. The Labute approximate surface area is 225 Å². The van der Waals surface area contributed by atoms with Crippen molar-refractivity contribution >= 4 is 5.78 Å². The molecule has 3 aliphatic carbocycles. The predicted octanol–water partition coefficient (Wildman–Crippen LogP) is 4.53. The molecule has 5 rings (SSSR count). The molecule has 0 unspecified atom stereocenters. The van der Waals surface area contributed by atoms with Crippen LogP contribution in [0.2, 0.25) is 0 Å². The van der Waals surface area contributed by atoms with Crippen LogP contribution < -0.4 is 5.69 Å². The molecule has 3 fully saturated rings. The first kappa shape index (κ1) is 26.8. The molecule has 8 heteroatoms. The Morgan fingerprint density at radius 2 is 1.97 bits per heavy atom. The van der Waals surface area contributed by atoms with Crippen molar-refractivity contribution in [1.82, 2.24) is 19.8 Å². The van der Waals surface area contributed by atoms with E-state index in [0.29, 0.717) is 40.8 Å². The molecule has 0 spiro atoms. The molecule has 38 heavy (non-hydrogen) atoms. The van der Waals surface area contributed by atoms with Gasteiger partial charge in [0.1, 0.15) is 6.54 Å². The van der Waals surface area contributed by atoms with Gasteiger partial charge in [-0.1, -0.05) is 26.3 Å². The summed E-state index contributed by atoms with van der Waals surface area (Å²) in [6, 6.07) is 8.71. The number of tetrazole rings is 1. The fourth-order valence-electron chi connectivity index (χ4n) is 8.79. The summed E-state index contributed by atoms with van der Waals surface area (Å²) in [6.07, 6.45) is 8.52. The standard InChI is InChI=1S/C30H41N5O3/c1-5-22-20(16-29(2,3)38)9-10-24-23(22)13-14-30(4)25(24)11-12-26(30)27(36)18-34-28(37)35(33-32-34)21-8-6-7-19(15-21)17-31/h6-8,15,20,22-26,38H,5,9-14,16,18H2,1-4H3/t20-,22+,23-,24-,25+,26-,30+/m1/s1. The molecule has 0 radical (unpaired) electrons. The zero-order chi connectivity index (χ0) is 27.2. The highest BCUT2D eigenvalue weighted by atomic mass is 16.3. The van der Waals surface area contributed by atoms with Crippen LogP contribution in [0.25, 0.3) is 5.69 Å². The van der Waals surface area contributed by atoms with Crippen LogP contribution in [0.1, 0.15) is 84.6 Å². The lowest BCUT2D eigenvalue weighted by Crippen LogP contribution is -2.49. The average molecular weight is 520 g/mol. The Morgan fingerprint density at radius 1 is 1.18 bits per heavy atom. The molecule has 1 aromatic carbocycles. The number of nitriles is 1. The molecule has 0 aliphatic heterocycles. The van der Waals surface area contributed by atoms with Crippen LogP contribution in [0, 0.1) is 52.3 Å². The first-order chi connectivity index (χ1) is 18.1. The summed E-state index contributed by atoms with van der Waals surface area (Å²) in [7, 11) is 0. The van der Waals surface area contributed by atoms with Crippen molar-refractivity contribution in [3.05, 3.63) is 40.3 Å². The van der Waals surface area contributed by atoms with E-state index in [-0.39, 0.29) is 23.7 Å². The van der Waals surface area contributed by atoms with E-state index in [9.17, 15) is 14.7 Å². The number of rotatable bonds is 7. The van der Waals surface area contributed by atoms with Crippen molar-refractivity contribution in [3.8, 4) is 11.8 Å². The van der Waals surface area contributed by atoms with Gasteiger partial charge in [0.25, 0.3) is 0 Å². The summed E-state index contributed by atoms with van der Waals surface area (Å²) in [5.74, 6) is 3.09.